The molecule has 1 saturated carbocycles. The maximum absolute atomic E-state index is 13.4. The van der Waals surface area contributed by atoms with Gasteiger partial charge in [-0.2, -0.15) is 15.0 Å². The normalized spacial score (nSPS) is 23.2. The second kappa shape index (κ2) is 6.74. The monoisotopic (exact) mass is 374 g/mol. The number of pyridine rings is 1. The van der Waals surface area contributed by atoms with Crippen molar-refractivity contribution in [3.05, 3.63) is 66.1 Å². The van der Waals surface area contributed by atoms with Crippen molar-refractivity contribution in [2.45, 2.75) is 31.8 Å². The fourth-order valence-electron chi connectivity index (χ4n) is 4.48. The maximum Gasteiger partial charge on any atom is 0.256 e. The molecule has 2 bridgehead atoms. The van der Waals surface area contributed by atoms with Crippen molar-refractivity contribution in [2.75, 3.05) is 11.9 Å². The Balaban J connectivity index is 1.39. The maximum atomic E-state index is 13.4. The van der Waals surface area contributed by atoms with E-state index in [4.69, 9.17) is 0 Å². The lowest BCUT2D eigenvalue weighted by Gasteiger charge is -2.34. The molecule has 3 heterocycles. The third-order valence-electron chi connectivity index (χ3n) is 5.76. The molecule has 7 nitrogen and oxygen atoms in total. The molecular weight excluding hydrogens is 352 g/mol. The summed E-state index contributed by atoms with van der Waals surface area (Å²) in [5.74, 6) is 1.45. The first kappa shape index (κ1) is 16.9. The molecule has 3 atom stereocenters. The lowest BCUT2D eigenvalue weighted by molar-refractivity contribution is 0.0691. The highest BCUT2D eigenvalue weighted by atomic mass is 16.2. The summed E-state index contributed by atoms with van der Waals surface area (Å²) in [6.45, 7) is 2.84. The second-order valence-corrected chi connectivity index (χ2v) is 7.67. The van der Waals surface area contributed by atoms with Crippen LogP contribution in [0.25, 0.3) is 5.69 Å². The Morgan fingerprint density at radius 3 is 2.68 bits per heavy atom. The molecule has 28 heavy (non-hydrogen) atoms. The van der Waals surface area contributed by atoms with Crippen LogP contribution in [-0.4, -0.2) is 49.4 Å². The molecule has 1 N–H and O–H groups in total. The zero-order valence-corrected chi connectivity index (χ0v) is 15.7. The molecule has 1 amide bonds. The summed E-state index contributed by atoms with van der Waals surface area (Å²) in [6, 6.07) is 12.0. The van der Waals surface area contributed by atoms with Gasteiger partial charge in [-0.3, -0.25) is 4.79 Å². The van der Waals surface area contributed by atoms with Crippen LogP contribution < -0.4 is 5.32 Å². The highest BCUT2D eigenvalue weighted by molar-refractivity contribution is 5.98. The van der Waals surface area contributed by atoms with Gasteiger partial charge in [-0.25, -0.2) is 4.98 Å². The number of fused-ring (bicyclic) bond motifs is 2. The Labute approximate surface area is 163 Å². The highest BCUT2D eigenvalue weighted by Gasteiger charge is 2.47. The fraction of sp³-hybridized carbons (Fsp3) is 0.333. The molecular formula is C21H22N6O. The summed E-state index contributed by atoms with van der Waals surface area (Å²) < 4.78 is 0. The zero-order valence-electron chi connectivity index (χ0n) is 15.7. The van der Waals surface area contributed by atoms with Crippen LogP contribution in [0.1, 0.15) is 28.8 Å². The van der Waals surface area contributed by atoms with Crippen LogP contribution in [0.4, 0.5) is 5.82 Å². The summed E-state index contributed by atoms with van der Waals surface area (Å²) in [4.78, 5) is 21.4. The highest BCUT2D eigenvalue weighted by Crippen LogP contribution is 2.40. The van der Waals surface area contributed by atoms with Crippen LogP contribution in [0.15, 0.2) is 55.0 Å². The summed E-state index contributed by atoms with van der Waals surface area (Å²) in [5, 5.41) is 11.9. The van der Waals surface area contributed by atoms with Crippen molar-refractivity contribution in [1.29, 1.82) is 0 Å². The molecule has 142 valence electrons. The van der Waals surface area contributed by atoms with Gasteiger partial charge >= 0.3 is 0 Å². The number of aryl methyl sites for hydroxylation is 1. The topological polar surface area (TPSA) is 75.9 Å². The van der Waals surface area contributed by atoms with Gasteiger partial charge in [0.05, 0.1) is 29.7 Å². The van der Waals surface area contributed by atoms with E-state index in [0.717, 1.165) is 30.8 Å². The minimum Gasteiger partial charge on any atom is -0.365 e. The number of hydrogen-bond donors (Lipinski definition) is 1. The third-order valence-corrected chi connectivity index (χ3v) is 5.76. The molecule has 0 radical (unpaired) electrons. The number of nitrogens with zero attached hydrogens (tertiary/aromatic N) is 5. The van der Waals surface area contributed by atoms with Crippen molar-refractivity contribution in [2.24, 2.45) is 5.92 Å². The quantitative estimate of drug-likeness (QED) is 0.760. The smallest absolute Gasteiger partial charge is 0.256 e. The standard InChI is InChI=1S/C21H22N6O/c1-14-6-7-20(22-12-14)25-17-10-15-11-19(17)26(13-15)21(28)16-4-2-3-5-18(16)27-23-8-9-24-27/h2-9,12,15,17,19H,10-11,13H2,1H3,(H,22,25). The molecule has 0 spiro atoms. The SMILES string of the molecule is Cc1ccc(NC2CC3CC2N(C(=O)c2ccccc2-n2nccn2)C3)nc1. The van der Waals surface area contributed by atoms with E-state index in [9.17, 15) is 4.79 Å². The summed E-state index contributed by atoms with van der Waals surface area (Å²) >= 11 is 0. The van der Waals surface area contributed by atoms with Gasteiger partial charge < -0.3 is 10.2 Å². The molecule has 1 aliphatic carbocycles. The second-order valence-electron chi connectivity index (χ2n) is 7.67. The Bertz CT molecular complexity index is 984. The number of rotatable bonds is 4. The van der Waals surface area contributed by atoms with Gasteiger partial charge in [0, 0.05) is 18.8 Å². The van der Waals surface area contributed by atoms with E-state index in [1.165, 1.54) is 4.80 Å². The average molecular weight is 374 g/mol. The van der Waals surface area contributed by atoms with Crippen molar-refractivity contribution < 1.29 is 4.79 Å². The van der Waals surface area contributed by atoms with Crippen LogP contribution in [-0.2, 0) is 0 Å². The van der Waals surface area contributed by atoms with Gasteiger partial charge in [-0.05, 0) is 49.4 Å². The van der Waals surface area contributed by atoms with Crippen LogP contribution in [0.5, 0.6) is 0 Å². The molecule has 1 aromatic carbocycles. The van der Waals surface area contributed by atoms with Gasteiger partial charge in [0.15, 0.2) is 0 Å². The minimum absolute atomic E-state index is 0.0452. The van der Waals surface area contributed by atoms with Crippen molar-refractivity contribution >= 4 is 11.7 Å². The Morgan fingerprint density at radius 1 is 1.11 bits per heavy atom. The van der Waals surface area contributed by atoms with E-state index in [1.807, 2.05) is 48.4 Å². The summed E-state index contributed by atoms with van der Waals surface area (Å²) in [5.41, 5.74) is 2.49. The number of piperidine rings is 1. The molecule has 5 rings (SSSR count). The molecule has 2 aliphatic rings. The van der Waals surface area contributed by atoms with Crippen molar-refractivity contribution in [3.8, 4) is 5.69 Å². The predicted molar refractivity (Wildman–Crippen MR) is 105 cm³/mol. The van der Waals surface area contributed by atoms with Gasteiger partial charge in [0.1, 0.15) is 5.82 Å². The summed E-state index contributed by atoms with van der Waals surface area (Å²) in [7, 11) is 0. The van der Waals surface area contributed by atoms with E-state index >= 15 is 0 Å². The van der Waals surface area contributed by atoms with Crippen LogP contribution in [0.2, 0.25) is 0 Å². The van der Waals surface area contributed by atoms with Crippen LogP contribution in [0.3, 0.4) is 0 Å². The summed E-state index contributed by atoms with van der Waals surface area (Å²) in [6.07, 6.45) is 7.22. The van der Waals surface area contributed by atoms with Crippen molar-refractivity contribution in [1.82, 2.24) is 24.9 Å². The number of para-hydroxylation sites is 1. The van der Waals surface area contributed by atoms with E-state index in [2.05, 4.69) is 26.6 Å². The lowest BCUT2D eigenvalue weighted by Crippen LogP contribution is -2.48. The van der Waals surface area contributed by atoms with E-state index < -0.39 is 0 Å². The molecule has 1 saturated heterocycles. The number of nitrogens with one attached hydrogen (secondary N) is 1. The number of carbonyl (C=O) groups is 1. The van der Waals surface area contributed by atoms with Gasteiger partial charge in [0.2, 0.25) is 0 Å². The number of benzene rings is 1. The molecule has 7 heteroatoms. The van der Waals surface area contributed by atoms with Gasteiger partial charge in [-0.15, -0.1) is 0 Å². The number of hydrogen-bond acceptors (Lipinski definition) is 5. The zero-order chi connectivity index (χ0) is 19.1. The number of aromatic nitrogens is 4. The molecule has 3 aromatic rings. The van der Waals surface area contributed by atoms with E-state index in [1.54, 1.807) is 12.4 Å². The number of carbonyl (C=O) groups excluding carboxylic acids is 1. The Morgan fingerprint density at radius 2 is 1.93 bits per heavy atom. The van der Waals surface area contributed by atoms with E-state index in [0.29, 0.717) is 17.2 Å². The van der Waals surface area contributed by atoms with Crippen molar-refractivity contribution in [3.63, 3.8) is 0 Å². The average Bonchev–Trinajstić information content (AvgIpc) is 3.46. The molecule has 3 unspecified atom stereocenters. The first-order chi connectivity index (χ1) is 13.7. The molecule has 1 aliphatic heterocycles. The molecule has 2 aromatic heterocycles. The first-order valence-corrected chi connectivity index (χ1v) is 9.65. The predicted octanol–water partition coefficient (Wildman–Crippen LogP) is 2.69. The minimum atomic E-state index is 0.0452. The molecule has 2 fully saturated rings. The third kappa shape index (κ3) is 2.93. The Hall–Kier alpha value is -3.22. The Kier molecular flexibility index (Phi) is 4.07. The van der Waals surface area contributed by atoms with Gasteiger partial charge in [-0.1, -0.05) is 18.2 Å². The fourth-order valence-corrected chi connectivity index (χ4v) is 4.48. The number of likely N-dealkylation sites (tertiary alicyclic amines) is 1. The van der Waals surface area contributed by atoms with Gasteiger partial charge in [0.25, 0.3) is 5.91 Å². The lowest BCUT2D eigenvalue weighted by atomic mass is 10.0. The number of amides is 1. The van der Waals surface area contributed by atoms with Crippen LogP contribution >= 0.6 is 0 Å². The van der Waals surface area contributed by atoms with Crippen LogP contribution in [0, 0.1) is 12.8 Å². The van der Waals surface area contributed by atoms with E-state index in [-0.39, 0.29) is 18.0 Å². The number of anilines is 1. The largest absolute Gasteiger partial charge is 0.365 e. The first-order valence-electron chi connectivity index (χ1n) is 9.65.